The second kappa shape index (κ2) is 6.99. The van der Waals surface area contributed by atoms with E-state index in [1.807, 2.05) is 0 Å². The van der Waals surface area contributed by atoms with E-state index < -0.39 is 21.2 Å². The molecule has 23 heavy (non-hydrogen) atoms. The second-order valence-corrected chi connectivity index (χ2v) is 8.89. The van der Waals surface area contributed by atoms with E-state index >= 15 is 0 Å². The molecular weight excluding hydrogens is 379 g/mol. The van der Waals surface area contributed by atoms with Crippen LogP contribution in [0.4, 0.5) is 0 Å². The molecule has 0 aromatic heterocycles. The van der Waals surface area contributed by atoms with Crippen LogP contribution in [0.25, 0.3) is 0 Å². The third kappa shape index (κ3) is 5.10. The summed E-state index contributed by atoms with van der Waals surface area (Å²) in [5.74, 6) is -0.701. The summed E-state index contributed by atoms with van der Waals surface area (Å²) < 4.78 is 24.8. The first-order chi connectivity index (χ1) is 10.6. The first-order valence-electron chi connectivity index (χ1n) is 6.72. The molecule has 0 amide bonds. The highest BCUT2D eigenvalue weighted by molar-refractivity contribution is 7.90. The Labute approximate surface area is 150 Å². The van der Waals surface area contributed by atoms with E-state index in [1.54, 1.807) is 36.4 Å². The van der Waals surface area contributed by atoms with Gasteiger partial charge in [0, 0.05) is 15.1 Å². The topological polar surface area (TPSA) is 54.4 Å². The molecule has 0 aliphatic heterocycles. The Morgan fingerprint density at radius 1 is 1.00 bits per heavy atom. The Balaban J connectivity index is 2.21. The molecule has 2 aromatic carbocycles. The van der Waals surface area contributed by atoms with Crippen molar-refractivity contribution in [1.29, 1.82) is 0 Å². The van der Waals surface area contributed by atoms with E-state index in [9.17, 15) is 13.5 Å². The molecule has 0 saturated heterocycles. The summed E-state index contributed by atoms with van der Waals surface area (Å²) in [6.45, 7) is 1.46. The number of halogens is 3. The lowest BCUT2D eigenvalue weighted by atomic mass is 9.98. The Bertz CT molecular complexity index is 800. The van der Waals surface area contributed by atoms with Gasteiger partial charge >= 0.3 is 0 Å². The Morgan fingerprint density at radius 2 is 1.57 bits per heavy atom. The molecule has 3 nitrogen and oxygen atoms in total. The second-order valence-electron chi connectivity index (χ2n) is 5.55. The van der Waals surface area contributed by atoms with E-state index in [0.717, 1.165) is 0 Å². The largest absolute Gasteiger partial charge is 0.384 e. The van der Waals surface area contributed by atoms with Gasteiger partial charge in [-0.2, -0.15) is 0 Å². The number of rotatable bonds is 5. The average Bonchev–Trinajstić information content (AvgIpc) is 2.41. The van der Waals surface area contributed by atoms with Crippen LogP contribution in [0.5, 0.6) is 0 Å². The monoisotopic (exact) mass is 392 g/mol. The molecule has 0 radical (unpaired) electrons. The summed E-state index contributed by atoms with van der Waals surface area (Å²) in [5, 5.41) is 11.8. The standard InChI is InChI=1S/C16H15Cl3O3S/c1-16(20,12-3-6-13(17)7-4-12)10-23(21,22)9-11-2-5-14(18)8-15(11)19/h2-8,20H,9-10H2,1H3/t16-/m1/s1. The minimum Gasteiger partial charge on any atom is -0.384 e. The van der Waals surface area contributed by atoms with Gasteiger partial charge in [0.2, 0.25) is 0 Å². The highest BCUT2D eigenvalue weighted by atomic mass is 35.5. The van der Waals surface area contributed by atoms with E-state index in [4.69, 9.17) is 34.8 Å². The molecule has 2 rings (SSSR count). The molecule has 0 aliphatic carbocycles. The van der Waals surface area contributed by atoms with Crippen LogP contribution >= 0.6 is 34.8 Å². The zero-order chi connectivity index (χ0) is 17.3. The Kier molecular flexibility index (Phi) is 5.64. The SMILES string of the molecule is C[C@@](O)(CS(=O)(=O)Cc1ccc(Cl)cc1Cl)c1ccc(Cl)cc1. The van der Waals surface area contributed by atoms with Crippen molar-refractivity contribution in [2.75, 3.05) is 5.75 Å². The minimum absolute atomic E-state index is 0.271. The molecule has 0 bridgehead atoms. The maximum Gasteiger partial charge on any atom is 0.157 e. The molecule has 1 N–H and O–H groups in total. The third-order valence-electron chi connectivity index (χ3n) is 3.36. The first-order valence-corrected chi connectivity index (χ1v) is 9.67. The van der Waals surface area contributed by atoms with Gasteiger partial charge in [0.05, 0.1) is 11.5 Å². The number of hydrogen-bond acceptors (Lipinski definition) is 3. The quantitative estimate of drug-likeness (QED) is 0.815. The zero-order valence-corrected chi connectivity index (χ0v) is 15.3. The van der Waals surface area contributed by atoms with Crippen LogP contribution in [0, 0.1) is 0 Å². The molecule has 0 fully saturated rings. The number of hydrogen-bond donors (Lipinski definition) is 1. The van der Waals surface area contributed by atoms with Crippen LogP contribution < -0.4 is 0 Å². The van der Waals surface area contributed by atoms with Gasteiger partial charge < -0.3 is 5.11 Å². The Morgan fingerprint density at radius 3 is 2.13 bits per heavy atom. The molecule has 0 aliphatic rings. The fourth-order valence-electron chi connectivity index (χ4n) is 2.25. The molecular formula is C16H15Cl3O3S. The first kappa shape index (κ1) is 18.6. The van der Waals surface area contributed by atoms with Gasteiger partial charge in [-0.15, -0.1) is 0 Å². The summed E-state index contributed by atoms with van der Waals surface area (Å²) in [4.78, 5) is 0. The molecule has 0 unspecified atom stereocenters. The van der Waals surface area contributed by atoms with Crippen LogP contribution in [0.2, 0.25) is 15.1 Å². The Hall–Kier alpha value is -0.780. The van der Waals surface area contributed by atoms with E-state index in [0.29, 0.717) is 21.2 Å². The lowest BCUT2D eigenvalue weighted by Gasteiger charge is -2.24. The van der Waals surface area contributed by atoms with E-state index in [1.165, 1.54) is 13.0 Å². The molecule has 124 valence electrons. The lowest BCUT2D eigenvalue weighted by Crippen LogP contribution is -2.31. The van der Waals surface area contributed by atoms with Gasteiger partial charge in [0.15, 0.2) is 9.84 Å². The van der Waals surface area contributed by atoms with Crippen molar-refractivity contribution >= 4 is 44.6 Å². The van der Waals surface area contributed by atoms with E-state index in [-0.39, 0.29) is 10.8 Å². The fraction of sp³-hybridized carbons (Fsp3) is 0.250. The number of aliphatic hydroxyl groups is 1. The van der Waals surface area contributed by atoms with Crippen molar-refractivity contribution in [1.82, 2.24) is 0 Å². The van der Waals surface area contributed by atoms with Crippen LogP contribution in [0.1, 0.15) is 18.1 Å². The molecule has 2 aromatic rings. The average molecular weight is 394 g/mol. The van der Waals surface area contributed by atoms with E-state index in [2.05, 4.69) is 0 Å². The van der Waals surface area contributed by atoms with Crippen molar-refractivity contribution in [3.63, 3.8) is 0 Å². The smallest absolute Gasteiger partial charge is 0.157 e. The van der Waals surface area contributed by atoms with Crippen molar-refractivity contribution in [3.8, 4) is 0 Å². The highest BCUT2D eigenvalue weighted by Gasteiger charge is 2.30. The third-order valence-corrected chi connectivity index (χ3v) is 5.95. The van der Waals surface area contributed by atoms with Crippen LogP contribution in [-0.2, 0) is 21.2 Å². The summed E-state index contributed by atoms with van der Waals surface area (Å²) >= 11 is 17.6. The van der Waals surface area contributed by atoms with Crippen molar-refractivity contribution < 1.29 is 13.5 Å². The zero-order valence-electron chi connectivity index (χ0n) is 12.3. The number of benzene rings is 2. The summed E-state index contributed by atoms with van der Waals surface area (Å²) in [5.41, 5.74) is -0.599. The van der Waals surface area contributed by atoms with Gasteiger partial charge in [-0.05, 0) is 42.3 Å². The maximum absolute atomic E-state index is 12.4. The predicted molar refractivity (Wildman–Crippen MR) is 95.0 cm³/mol. The summed E-state index contributed by atoms with van der Waals surface area (Å²) in [6, 6.07) is 11.1. The van der Waals surface area contributed by atoms with Gasteiger partial charge in [0.25, 0.3) is 0 Å². The lowest BCUT2D eigenvalue weighted by molar-refractivity contribution is 0.0819. The van der Waals surface area contributed by atoms with Crippen LogP contribution in [-0.4, -0.2) is 19.3 Å². The van der Waals surface area contributed by atoms with Gasteiger partial charge in [-0.25, -0.2) is 8.42 Å². The normalized spacial score (nSPS) is 14.5. The fourth-order valence-corrected chi connectivity index (χ4v) is 4.78. The molecule has 1 atom stereocenters. The molecule has 0 saturated carbocycles. The van der Waals surface area contributed by atoms with Gasteiger partial charge in [-0.3, -0.25) is 0 Å². The van der Waals surface area contributed by atoms with Gasteiger partial charge in [-0.1, -0.05) is 53.0 Å². The van der Waals surface area contributed by atoms with Crippen molar-refractivity contribution in [2.45, 2.75) is 18.3 Å². The van der Waals surface area contributed by atoms with Crippen LogP contribution in [0.15, 0.2) is 42.5 Å². The predicted octanol–water partition coefficient (Wildman–Crippen LogP) is 4.47. The number of sulfone groups is 1. The summed E-state index contributed by atoms with van der Waals surface area (Å²) in [6.07, 6.45) is 0. The van der Waals surface area contributed by atoms with Gasteiger partial charge in [0.1, 0.15) is 5.60 Å². The molecule has 7 heteroatoms. The minimum atomic E-state index is -3.60. The molecule has 0 spiro atoms. The summed E-state index contributed by atoms with van der Waals surface area (Å²) in [7, 11) is -3.60. The maximum atomic E-state index is 12.4. The van der Waals surface area contributed by atoms with Crippen LogP contribution in [0.3, 0.4) is 0 Å². The molecule has 0 heterocycles. The van der Waals surface area contributed by atoms with Crippen molar-refractivity contribution in [3.05, 3.63) is 68.7 Å². The van der Waals surface area contributed by atoms with Crippen molar-refractivity contribution in [2.24, 2.45) is 0 Å². The highest BCUT2D eigenvalue weighted by Crippen LogP contribution is 2.27.